The summed E-state index contributed by atoms with van der Waals surface area (Å²) in [4.78, 5) is 12.7. The van der Waals surface area contributed by atoms with Crippen LogP contribution < -0.4 is 5.32 Å². The molecule has 1 N–H and O–H groups in total. The Bertz CT molecular complexity index is 1300. The number of anilines is 1. The zero-order valence-corrected chi connectivity index (χ0v) is 18.7. The minimum Gasteiger partial charge on any atom is -0.467 e. The number of aromatic nitrogens is 3. The fourth-order valence-corrected chi connectivity index (χ4v) is 3.93. The number of hydrogen-bond donors (Lipinski definition) is 1. The van der Waals surface area contributed by atoms with E-state index in [2.05, 4.69) is 21.6 Å². The normalized spacial score (nSPS) is 10.8. The number of carbonyl (C=O) groups is 1. The van der Waals surface area contributed by atoms with Crippen LogP contribution in [0.25, 0.3) is 11.5 Å². The van der Waals surface area contributed by atoms with Crippen molar-refractivity contribution in [3.8, 4) is 17.5 Å². The SMILES string of the molecule is Cc1ccccc1-c1nnc(SCC(=O)Nc2c(C#N)c(C)c(C)n2Cc2ccco2)o1. The quantitative estimate of drug-likeness (QED) is 0.409. The third-order valence-corrected chi connectivity index (χ3v) is 6.02. The minimum atomic E-state index is -0.277. The molecule has 0 aliphatic heterocycles. The van der Waals surface area contributed by atoms with E-state index in [-0.39, 0.29) is 11.7 Å². The zero-order chi connectivity index (χ0) is 22.7. The van der Waals surface area contributed by atoms with Gasteiger partial charge in [-0.05, 0) is 50.1 Å². The van der Waals surface area contributed by atoms with Crippen LogP contribution in [-0.2, 0) is 11.3 Å². The summed E-state index contributed by atoms with van der Waals surface area (Å²) < 4.78 is 13.0. The van der Waals surface area contributed by atoms with Gasteiger partial charge in [0, 0.05) is 11.3 Å². The first kappa shape index (κ1) is 21.5. The van der Waals surface area contributed by atoms with Gasteiger partial charge in [0.1, 0.15) is 17.6 Å². The molecule has 0 aliphatic carbocycles. The first-order chi connectivity index (χ1) is 15.5. The highest BCUT2D eigenvalue weighted by Crippen LogP contribution is 2.29. The molecule has 0 atom stereocenters. The summed E-state index contributed by atoms with van der Waals surface area (Å²) in [6.45, 7) is 6.15. The topological polar surface area (TPSA) is 110 Å². The maximum Gasteiger partial charge on any atom is 0.277 e. The van der Waals surface area contributed by atoms with Crippen LogP contribution in [0.5, 0.6) is 0 Å². The number of furan rings is 1. The molecule has 1 amide bonds. The number of aryl methyl sites for hydroxylation is 1. The van der Waals surface area contributed by atoms with E-state index in [0.29, 0.717) is 29.0 Å². The zero-order valence-electron chi connectivity index (χ0n) is 17.9. The molecule has 3 aromatic heterocycles. The second-order valence-corrected chi connectivity index (χ2v) is 8.16. The summed E-state index contributed by atoms with van der Waals surface area (Å²) in [6, 6.07) is 13.6. The van der Waals surface area contributed by atoms with Crippen molar-refractivity contribution in [1.29, 1.82) is 5.26 Å². The lowest BCUT2D eigenvalue weighted by atomic mass is 10.1. The maximum atomic E-state index is 12.7. The van der Waals surface area contributed by atoms with Crippen molar-refractivity contribution in [2.45, 2.75) is 32.5 Å². The standard InChI is InChI=1S/C23H21N5O3S/c1-14-7-4-5-9-18(14)22-26-27-23(31-22)32-13-20(29)25-21-19(11-24)15(2)16(3)28(21)12-17-8-6-10-30-17/h4-10H,12-13H2,1-3H3,(H,25,29). The molecule has 0 bridgehead atoms. The molecule has 0 radical (unpaired) electrons. The highest BCUT2D eigenvalue weighted by atomic mass is 32.2. The van der Waals surface area contributed by atoms with Crippen LogP contribution in [0.1, 0.15) is 28.1 Å². The predicted octanol–water partition coefficient (Wildman–Crippen LogP) is 4.71. The minimum absolute atomic E-state index is 0.0598. The smallest absolute Gasteiger partial charge is 0.277 e. The van der Waals surface area contributed by atoms with Crippen molar-refractivity contribution in [1.82, 2.24) is 14.8 Å². The van der Waals surface area contributed by atoms with Crippen molar-refractivity contribution in [3.05, 3.63) is 70.8 Å². The monoisotopic (exact) mass is 447 g/mol. The Morgan fingerprint density at radius 1 is 1.19 bits per heavy atom. The fraction of sp³-hybridized carbons (Fsp3) is 0.217. The number of thioether (sulfide) groups is 1. The summed E-state index contributed by atoms with van der Waals surface area (Å²) >= 11 is 1.14. The molecule has 4 rings (SSSR count). The maximum absolute atomic E-state index is 12.7. The summed E-state index contributed by atoms with van der Waals surface area (Å²) in [6.07, 6.45) is 1.59. The highest BCUT2D eigenvalue weighted by Gasteiger charge is 2.21. The van der Waals surface area contributed by atoms with Crippen molar-refractivity contribution < 1.29 is 13.6 Å². The molecule has 32 heavy (non-hydrogen) atoms. The van der Waals surface area contributed by atoms with Gasteiger partial charge in [0.2, 0.25) is 11.8 Å². The lowest BCUT2D eigenvalue weighted by molar-refractivity contribution is -0.113. The largest absolute Gasteiger partial charge is 0.467 e. The molecule has 8 nitrogen and oxygen atoms in total. The van der Waals surface area contributed by atoms with Gasteiger partial charge in [-0.3, -0.25) is 4.79 Å². The summed E-state index contributed by atoms with van der Waals surface area (Å²) in [5.41, 5.74) is 4.03. The number of nitrogens with one attached hydrogen (secondary N) is 1. The molecule has 0 saturated heterocycles. The summed E-state index contributed by atoms with van der Waals surface area (Å²) in [5.74, 6) is 1.38. The lowest BCUT2D eigenvalue weighted by Crippen LogP contribution is -2.18. The van der Waals surface area contributed by atoms with Gasteiger partial charge < -0.3 is 18.7 Å². The molecule has 1 aromatic carbocycles. The molecular formula is C23H21N5O3S. The first-order valence-corrected chi connectivity index (χ1v) is 10.9. The fourth-order valence-electron chi connectivity index (χ4n) is 3.37. The first-order valence-electron chi connectivity index (χ1n) is 9.92. The van der Waals surface area contributed by atoms with Gasteiger partial charge in [0.05, 0.1) is 24.1 Å². The van der Waals surface area contributed by atoms with Crippen molar-refractivity contribution in [3.63, 3.8) is 0 Å². The van der Waals surface area contributed by atoms with Crippen molar-refractivity contribution >= 4 is 23.5 Å². The molecule has 9 heteroatoms. The molecule has 0 saturated carbocycles. The van der Waals surface area contributed by atoms with Crippen LogP contribution in [0, 0.1) is 32.1 Å². The van der Waals surface area contributed by atoms with Gasteiger partial charge >= 0.3 is 0 Å². The van der Waals surface area contributed by atoms with Gasteiger partial charge in [-0.25, -0.2) is 0 Å². The third kappa shape index (κ3) is 4.31. The van der Waals surface area contributed by atoms with E-state index in [1.54, 1.807) is 12.3 Å². The molecule has 4 aromatic rings. The third-order valence-electron chi connectivity index (χ3n) is 5.20. The van der Waals surface area contributed by atoms with Crippen LogP contribution in [0.4, 0.5) is 5.82 Å². The average molecular weight is 448 g/mol. The Labute approximate surface area is 189 Å². The number of benzene rings is 1. The molecule has 0 fully saturated rings. The van der Waals surface area contributed by atoms with E-state index in [9.17, 15) is 10.1 Å². The van der Waals surface area contributed by atoms with Gasteiger partial charge in [-0.1, -0.05) is 30.0 Å². The average Bonchev–Trinajstić information content (AvgIpc) is 3.51. The van der Waals surface area contributed by atoms with E-state index in [0.717, 1.165) is 39.9 Å². The van der Waals surface area contributed by atoms with E-state index in [1.165, 1.54) is 0 Å². The Kier molecular flexibility index (Phi) is 6.14. The Morgan fingerprint density at radius 3 is 2.72 bits per heavy atom. The second-order valence-electron chi connectivity index (χ2n) is 7.24. The van der Waals surface area contributed by atoms with E-state index >= 15 is 0 Å². The van der Waals surface area contributed by atoms with Crippen LogP contribution in [0.2, 0.25) is 0 Å². The van der Waals surface area contributed by atoms with Crippen molar-refractivity contribution in [2.75, 3.05) is 11.1 Å². The summed E-state index contributed by atoms with van der Waals surface area (Å²) in [5, 5.41) is 20.9. The predicted molar refractivity (Wildman–Crippen MR) is 120 cm³/mol. The van der Waals surface area contributed by atoms with Crippen LogP contribution in [0.3, 0.4) is 0 Å². The van der Waals surface area contributed by atoms with Gasteiger partial charge in [-0.15, -0.1) is 10.2 Å². The summed E-state index contributed by atoms with van der Waals surface area (Å²) in [7, 11) is 0. The van der Waals surface area contributed by atoms with Crippen molar-refractivity contribution in [2.24, 2.45) is 0 Å². The number of hydrogen-bond acceptors (Lipinski definition) is 7. The Hall–Kier alpha value is -3.77. The molecule has 0 spiro atoms. The number of nitrogens with zero attached hydrogens (tertiary/aromatic N) is 4. The van der Waals surface area contributed by atoms with E-state index in [1.807, 2.05) is 55.7 Å². The molecule has 3 heterocycles. The number of amides is 1. The van der Waals surface area contributed by atoms with Crippen LogP contribution >= 0.6 is 11.8 Å². The molecule has 162 valence electrons. The van der Waals surface area contributed by atoms with Gasteiger partial charge in [-0.2, -0.15) is 5.26 Å². The van der Waals surface area contributed by atoms with Crippen LogP contribution in [-0.4, -0.2) is 26.4 Å². The van der Waals surface area contributed by atoms with Gasteiger partial charge in [0.25, 0.3) is 5.22 Å². The Morgan fingerprint density at radius 2 is 2.00 bits per heavy atom. The number of nitriles is 1. The van der Waals surface area contributed by atoms with Gasteiger partial charge in [0.15, 0.2) is 0 Å². The molecule has 0 unspecified atom stereocenters. The van der Waals surface area contributed by atoms with E-state index < -0.39 is 0 Å². The number of rotatable bonds is 7. The molecular weight excluding hydrogens is 426 g/mol. The highest BCUT2D eigenvalue weighted by molar-refractivity contribution is 7.99. The lowest BCUT2D eigenvalue weighted by Gasteiger charge is -2.11. The Balaban J connectivity index is 1.47. The van der Waals surface area contributed by atoms with Crippen LogP contribution in [0.15, 0.2) is 56.7 Å². The number of carbonyl (C=O) groups excluding carboxylic acids is 1. The second kappa shape index (κ2) is 9.16. The van der Waals surface area contributed by atoms with E-state index in [4.69, 9.17) is 8.83 Å². The molecule has 0 aliphatic rings.